The quantitative estimate of drug-likeness (QED) is 0.738. The number of carbonyl (C=O) groups excluding carboxylic acids is 1. The van der Waals surface area contributed by atoms with Gasteiger partial charge in [-0.2, -0.15) is 5.10 Å². The van der Waals surface area contributed by atoms with Gasteiger partial charge in [0.25, 0.3) is 5.56 Å². The predicted molar refractivity (Wildman–Crippen MR) is 107 cm³/mol. The van der Waals surface area contributed by atoms with E-state index in [9.17, 15) is 14.7 Å². The van der Waals surface area contributed by atoms with Gasteiger partial charge in [0.2, 0.25) is 5.91 Å². The molecule has 3 aromatic rings. The molecule has 1 aliphatic rings. The molecular weight excluding hydrogens is 354 g/mol. The number of nitrogens with zero attached hydrogens (tertiary/aromatic N) is 3. The average molecular weight is 377 g/mol. The standard InChI is InChI=1S/C22H23N3O3/c26-15-18-5-3-4-16(11-18)10-17-8-9-24(13-17)21(27)14-25-22(28)20-7-2-1-6-19(20)12-23-25/h1-7,11-12,17,26H,8-10,13-15H2. The highest BCUT2D eigenvalue weighted by atomic mass is 16.3. The van der Waals surface area contributed by atoms with E-state index in [2.05, 4.69) is 11.2 Å². The highest BCUT2D eigenvalue weighted by Crippen LogP contribution is 2.22. The second kappa shape index (κ2) is 7.94. The summed E-state index contributed by atoms with van der Waals surface area (Å²) in [6.07, 6.45) is 3.45. The number of amides is 1. The lowest BCUT2D eigenvalue weighted by Crippen LogP contribution is -2.36. The van der Waals surface area contributed by atoms with Crippen LogP contribution >= 0.6 is 0 Å². The summed E-state index contributed by atoms with van der Waals surface area (Å²) in [5, 5.41) is 14.8. The molecule has 1 fully saturated rings. The molecular formula is C22H23N3O3. The minimum atomic E-state index is -0.233. The summed E-state index contributed by atoms with van der Waals surface area (Å²) in [6.45, 7) is 1.39. The van der Waals surface area contributed by atoms with Gasteiger partial charge in [-0.05, 0) is 36.0 Å². The van der Waals surface area contributed by atoms with E-state index in [1.54, 1.807) is 12.3 Å². The fraction of sp³-hybridized carbons (Fsp3) is 0.318. The maximum Gasteiger partial charge on any atom is 0.275 e. The Labute approximate surface area is 163 Å². The third-order valence-electron chi connectivity index (χ3n) is 5.38. The smallest absolute Gasteiger partial charge is 0.275 e. The van der Waals surface area contributed by atoms with Crippen LogP contribution in [0.15, 0.2) is 59.5 Å². The average Bonchev–Trinajstić information content (AvgIpc) is 3.19. The molecule has 0 bridgehead atoms. The zero-order chi connectivity index (χ0) is 19.5. The molecule has 6 nitrogen and oxygen atoms in total. The first kappa shape index (κ1) is 18.4. The van der Waals surface area contributed by atoms with E-state index in [0.29, 0.717) is 24.4 Å². The summed E-state index contributed by atoms with van der Waals surface area (Å²) in [5.74, 6) is 0.315. The van der Waals surface area contributed by atoms with E-state index in [1.165, 1.54) is 10.2 Å². The fourth-order valence-corrected chi connectivity index (χ4v) is 3.88. The summed E-state index contributed by atoms with van der Waals surface area (Å²) in [7, 11) is 0. The molecule has 0 radical (unpaired) electrons. The van der Waals surface area contributed by atoms with Crippen LogP contribution in [0.3, 0.4) is 0 Å². The fourth-order valence-electron chi connectivity index (χ4n) is 3.88. The van der Waals surface area contributed by atoms with E-state index in [1.807, 2.05) is 41.3 Å². The van der Waals surface area contributed by atoms with Crippen molar-refractivity contribution in [3.63, 3.8) is 0 Å². The van der Waals surface area contributed by atoms with Crippen LogP contribution in [-0.2, 0) is 24.4 Å². The van der Waals surface area contributed by atoms with E-state index < -0.39 is 0 Å². The molecule has 1 atom stereocenters. The van der Waals surface area contributed by atoms with Gasteiger partial charge in [-0.3, -0.25) is 9.59 Å². The number of hydrogen-bond acceptors (Lipinski definition) is 4. The topological polar surface area (TPSA) is 75.4 Å². The van der Waals surface area contributed by atoms with Gasteiger partial charge < -0.3 is 10.0 Å². The van der Waals surface area contributed by atoms with E-state index in [0.717, 1.165) is 23.8 Å². The Balaban J connectivity index is 1.41. The van der Waals surface area contributed by atoms with Gasteiger partial charge in [-0.1, -0.05) is 42.5 Å². The molecule has 1 aliphatic heterocycles. The second-order valence-corrected chi connectivity index (χ2v) is 7.37. The van der Waals surface area contributed by atoms with Gasteiger partial charge in [0.15, 0.2) is 0 Å². The van der Waals surface area contributed by atoms with Crippen LogP contribution in [0.4, 0.5) is 0 Å². The lowest BCUT2D eigenvalue weighted by Gasteiger charge is -2.17. The third kappa shape index (κ3) is 3.82. The first-order chi connectivity index (χ1) is 13.6. The molecule has 1 N–H and O–H groups in total. The lowest BCUT2D eigenvalue weighted by atomic mass is 9.97. The zero-order valence-electron chi connectivity index (χ0n) is 15.6. The van der Waals surface area contributed by atoms with Crippen molar-refractivity contribution < 1.29 is 9.90 Å². The first-order valence-electron chi connectivity index (χ1n) is 9.55. The summed E-state index contributed by atoms with van der Waals surface area (Å²) >= 11 is 0. The first-order valence-corrected chi connectivity index (χ1v) is 9.55. The molecule has 28 heavy (non-hydrogen) atoms. The highest BCUT2D eigenvalue weighted by Gasteiger charge is 2.26. The van der Waals surface area contributed by atoms with Crippen LogP contribution in [-0.4, -0.2) is 38.8 Å². The maximum absolute atomic E-state index is 12.7. The van der Waals surface area contributed by atoms with Crippen molar-refractivity contribution >= 4 is 16.7 Å². The molecule has 4 rings (SSSR count). The van der Waals surface area contributed by atoms with Crippen LogP contribution in [0.25, 0.3) is 10.8 Å². The minimum Gasteiger partial charge on any atom is -0.392 e. The van der Waals surface area contributed by atoms with Crippen molar-refractivity contribution in [1.29, 1.82) is 0 Å². The number of aliphatic hydroxyl groups is 1. The summed E-state index contributed by atoms with van der Waals surface area (Å²) < 4.78 is 1.25. The van der Waals surface area contributed by atoms with E-state index in [4.69, 9.17) is 0 Å². The summed E-state index contributed by atoms with van der Waals surface area (Å²) in [6, 6.07) is 15.2. The summed E-state index contributed by atoms with van der Waals surface area (Å²) in [5.41, 5.74) is 1.85. The van der Waals surface area contributed by atoms with Crippen molar-refractivity contribution in [3.05, 3.63) is 76.2 Å². The molecule has 6 heteroatoms. The third-order valence-corrected chi connectivity index (χ3v) is 5.38. The Kier molecular flexibility index (Phi) is 5.21. The monoisotopic (exact) mass is 377 g/mol. The number of rotatable bonds is 5. The Morgan fingerprint density at radius 2 is 1.96 bits per heavy atom. The number of aromatic nitrogens is 2. The van der Waals surface area contributed by atoms with Gasteiger partial charge in [0.1, 0.15) is 6.54 Å². The van der Waals surface area contributed by atoms with Crippen LogP contribution in [0.5, 0.6) is 0 Å². The van der Waals surface area contributed by atoms with Gasteiger partial charge >= 0.3 is 0 Å². The van der Waals surface area contributed by atoms with E-state index in [-0.39, 0.29) is 24.6 Å². The van der Waals surface area contributed by atoms with Crippen molar-refractivity contribution in [2.75, 3.05) is 13.1 Å². The minimum absolute atomic E-state index is 0.0314. The molecule has 0 saturated carbocycles. The van der Waals surface area contributed by atoms with Gasteiger partial charge in [-0.15, -0.1) is 0 Å². The molecule has 1 unspecified atom stereocenters. The van der Waals surface area contributed by atoms with Crippen molar-refractivity contribution in [1.82, 2.24) is 14.7 Å². The number of aliphatic hydroxyl groups excluding tert-OH is 1. The SMILES string of the molecule is O=C(Cn1ncc2ccccc2c1=O)N1CCC(Cc2cccc(CO)c2)C1. The number of carbonyl (C=O) groups is 1. The lowest BCUT2D eigenvalue weighted by molar-refractivity contribution is -0.131. The second-order valence-electron chi connectivity index (χ2n) is 7.37. The van der Waals surface area contributed by atoms with Gasteiger partial charge in [0, 0.05) is 18.5 Å². The van der Waals surface area contributed by atoms with Crippen molar-refractivity contribution in [2.24, 2.45) is 5.92 Å². The predicted octanol–water partition coefficient (Wildman–Crippen LogP) is 1.98. The zero-order valence-corrected chi connectivity index (χ0v) is 15.6. The number of benzene rings is 2. The van der Waals surface area contributed by atoms with Crippen molar-refractivity contribution in [2.45, 2.75) is 26.0 Å². The normalized spacial score (nSPS) is 16.6. The Bertz CT molecular complexity index is 1060. The Hall–Kier alpha value is -2.99. The molecule has 0 aliphatic carbocycles. The Morgan fingerprint density at radius 3 is 2.82 bits per heavy atom. The molecule has 1 amide bonds. The van der Waals surface area contributed by atoms with Gasteiger partial charge in [-0.25, -0.2) is 4.68 Å². The molecule has 0 spiro atoms. The Morgan fingerprint density at radius 1 is 1.14 bits per heavy atom. The molecule has 1 saturated heterocycles. The van der Waals surface area contributed by atoms with Crippen LogP contribution < -0.4 is 5.56 Å². The number of fused-ring (bicyclic) bond motifs is 1. The van der Waals surface area contributed by atoms with Crippen LogP contribution in [0, 0.1) is 5.92 Å². The van der Waals surface area contributed by atoms with Gasteiger partial charge in [0.05, 0.1) is 18.2 Å². The summed E-state index contributed by atoms with van der Waals surface area (Å²) in [4.78, 5) is 27.1. The molecule has 2 heterocycles. The maximum atomic E-state index is 12.7. The molecule has 144 valence electrons. The molecule has 1 aromatic heterocycles. The van der Waals surface area contributed by atoms with Crippen LogP contribution in [0.2, 0.25) is 0 Å². The molecule has 2 aromatic carbocycles. The number of hydrogen-bond donors (Lipinski definition) is 1. The highest BCUT2D eigenvalue weighted by molar-refractivity contribution is 5.81. The largest absolute Gasteiger partial charge is 0.392 e. The van der Waals surface area contributed by atoms with E-state index >= 15 is 0 Å². The van der Waals surface area contributed by atoms with Crippen LogP contribution in [0.1, 0.15) is 17.5 Å². The van der Waals surface area contributed by atoms with Crippen molar-refractivity contribution in [3.8, 4) is 0 Å². The number of likely N-dealkylation sites (tertiary alicyclic amines) is 1.